The maximum absolute atomic E-state index is 14.0. The number of halogens is 2. The average molecular weight is 303 g/mol. The second-order valence-corrected chi connectivity index (χ2v) is 5.12. The lowest BCUT2D eigenvalue weighted by Crippen LogP contribution is -2.24. The zero-order valence-corrected chi connectivity index (χ0v) is 12.5. The molecule has 114 valence electrons. The van der Waals surface area contributed by atoms with Crippen LogP contribution in [-0.2, 0) is 7.05 Å². The number of rotatable bonds is 3. The van der Waals surface area contributed by atoms with Crippen LogP contribution in [-0.4, -0.2) is 26.8 Å². The molecule has 5 nitrogen and oxygen atoms in total. The molecule has 3 aromatic rings. The molecule has 22 heavy (non-hydrogen) atoms. The van der Waals surface area contributed by atoms with E-state index in [4.69, 9.17) is 0 Å². The van der Waals surface area contributed by atoms with E-state index in [1.165, 1.54) is 24.5 Å². The monoisotopic (exact) mass is 303 g/mol. The molecule has 0 radical (unpaired) electrons. The Balaban J connectivity index is 2.07. The van der Waals surface area contributed by atoms with Crippen molar-refractivity contribution < 1.29 is 8.78 Å². The Morgan fingerprint density at radius 2 is 1.86 bits per heavy atom. The van der Waals surface area contributed by atoms with Crippen molar-refractivity contribution >= 4 is 16.9 Å². The summed E-state index contributed by atoms with van der Waals surface area (Å²) in [4.78, 5) is 10.1. The lowest BCUT2D eigenvalue weighted by molar-refractivity contribution is 0.529. The number of aryl methyl sites for hydroxylation is 1. The molecule has 0 aliphatic carbocycles. The minimum absolute atomic E-state index is 0.0145. The van der Waals surface area contributed by atoms with E-state index in [0.29, 0.717) is 11.5 Å². The Hall–Kier alpha value is -2.57. The number of nitrogens with zero attached hydrogens (tertiary/aromatic N) is 5. The molecule has 1 aromatic carbocycles. The van der Waals surface area contributed by atoms with Gasteiger partial charge in [0, 0.05) is 19.7 Å². The average Bonchev–Trinajstić information content (AvgIpc) is 2.88. The Morgan fingerprint density at radius 3 is 2.55 bits per heavy atom. The molecule has 0 spiro atoms. The lowest BCUT2D eigenvalue weighted by atomic mass is 10.1. The van der Waals surface area contributed by atoms with Gasteiger partial charge in [-0.2, -0.15) is 5.10 Å². The number of aromatic nitrogens is 4. The van der Waals surface area contributed by atoms with Gasteiger partial charge in [0.25, 0.3) is 0 Å². The Morgan fingerprint density at radius 1 is 1.18 bits per heavy atom. The van der Waals surface area contributed by atoms with Crippen molar-refractivity contribution in [1.29, 1.82) is 0 Å². The molecule has 1 atom stereocenters. The molecule has 0 unspecified atom stereocenters. The quantitative estimate of drug-likeness (QED) is 0.746. The van der Waals surface area contributed by atoms with Crippen molar-refractivity contribution in [2.75, 3.05) is 11.9 Å². The summed E-state index contributed by atoms with van der Waals surface area (Å²) >= 11 is 0. The zero-order valence-electron chi connectivity index (χ0n) is 12.5. The molecular formula is C15H15F2N5. The lowest BCUT2D eigenvalue weighted by Gasteiger charge is -2.27. The number of benzene rings is 1. The van der Waals surface area contributed by atoms with Crippen LogP contribution in [0.2, 0.25) is 0 Å². The fourth-order valence-electron chi connectivity index (χ4n) is 2.52. The van der Waals surface area contributed by atoms with Crippen LogP contribution in [0.3, 0.4) is 0 Å². The summed E-state index contributed by atoms with van der Waals surface area (Å²) in [5.74, 6) is -0.570. The molecule has 2 heterocycles. The van der Waals surface area contributed by atoms with Gasteiger partial charge in [-0.3, -0.25) is 4.68 Å². The maximum atomic E-state index is 14.0. The van der Waals surface area contributed by atoms with Crippen LogP contribution < -0.4 is 4.90 Å². The molecule has 2 aromatic heterocycles. The smallest absolute Gasteiger partial charge is 0.163 e. The van der Waals surface area contributed by atoms with Gasteiger partial charge in [0.05, 0.1) is 17.6 Å². The summed E-state index contributed by atoms with van der Waals surface area (Å²) in [7, 11) is 3.52. The minimum Gasteiger partial charge on any atom is -0.352 e. The highest BCUT2D eigenvalue weighted by molar-refractivity contribution is 5.86. The van der Waals surface area contributed by atoms with Crippen LogP contribution in [0.4, 0.5) is 14.6 Å². The first-order chi connectivity index (χ1) is 10.5. The van der Waals surface area contributed by atoms with Crippen molar-refractivity contribution in [2.24, 2.45) is 7.05 Å². The largest absolute Gasteiger partial charge is 0.352 e. The first kappa shape index (κ1) is 14.4. The van der Waals surface area contributed by atoms with Gasteiger partial charge in [-0.05, 0) is 19.1 Å². The molecule has 0 aliphatic heterocycles. The van der Waals surface area contributed by atoms with Crippen LogP contribution in [0.15, 0.2) is 30.7 Å². The standard InChI is InChI=1S/C15H15F2N5/c1-9(13-11(16)5-4-6-12(13)17)21(2)14-10-7-20-22(3)15(10)19-8-18-14/h4-9H,1-3H3/t9-/m0/s1. The summed E-state index contributed by atoms with van der Waals surface area (Å²) in [5, 5.41) is 4.88. The van der Waals surface area contributed by atoms with E-state index in [-0.39, 0.29) is 5.56 Å². The van der Waals surface area contributed by atoms with E-state index in [2.05, 4.69) is 15.1 Å². The Labute approximate surface area is 126 Å². The molecule has 0 saturated heterocycles. The van der Waals surface area contributed by atoms with Gasteiger partial charge >= 0.3 is 0 Å². The fourth-order valence-corrected chi connectivity index (χ4v) is 2.52. The maximum Gasteiger partial charge on any atom is 0.163 e. The highest BCUT2D eigenvalue weighted by atomic mass is 19.1. The van der Waals surface area contributed by atoms with Crippen molar-refractivity contribution in [3.05, 3.63) is 47.9 Å². The molecule has 0 fully saturated rings. The van der Waals surface area contributed by atoms with E-state index < -0.39 is 17.7 Å². The molecule has 0 saturated carbocycles. The van der Waals surface area contributed by atoms with Gasteiger partial charge in [0.2, 0.25) is 0 Å². The highest BCUT2D eigenvalue weighted by Gasteiger charge is 2.23. The van der Waals surface area contributed by atoms with Crippen molar-refractivity contribution in [2.45, 2.75) is 13.0 Å². The van der Waals surface area contributed by atoms with Crippen molar-refractivity contribution in [3.8, 4) is 0 Å². The summed E-state index contributed by atoms with van der Waals surface area (Å²) in [5.41, 5.74) is 0.679. The van der Waals surface area contributed by atoms with E-state index in [1.54, 1.807) is 36.8 Å². The number of anilines is 1. The second kappa shape index (κ2) is 5.32. The molecule has 3 rings (SSSR count). The molecule has 0 aliphatic rings. The molecule has 0 N–H and O–H groups in total. The highest BCUT2D eigenvalue weighted by Crippen LogP contribution is 2.31. The number of fused-ring (bicyclic) bond motifs is 1. The minimum atomic E-state index is -0.573. The third kappa shape index (κ3) is 2.18. The Kier molecular flexibility index (Phi) is 3.48. The van der Waals surface area contributed by atoms with Crippen LogP contribution in [0, 0.1) is 11.6 Å². The van der Waals surface area contributed by atoms with Gasteiger partial charge < -0.3 is 4.90 Å². The summed E-state index contributed by atoms with van der Waals surface area (Å²) in [6.45, 7) is 1.73. The van der Waals surface area contributed by atoms with Gasteiger partial charge in [-0.15, -0.1) is 0 Å². The topological polar surface area (TPSA) is 46.8 Å². The first-order valence-corrected chi connectivity index (χ1v) is 6.80. The predicted molar refractivity (Wildman–Crippen MR) is 79.5 cm³/mol. The molecule has 0 bridgehead atoms. The third-order valence-electron chi connectivity index (χ3n) is 3.84. The second-order valence-electron chi connectivity index (χ2n) is 5.12. The van der Waals surface area contributed by atoms with Crippen LogP contribution in [0.25, 0.3) is 11.0 Å². The van der Waals surface area contributed by atoms with Crippen molar-refractivity contribution in [1.82, 2.24) is 19.7 Å². The van der Waals surface area contributed by atoms with E-state index >= 15 is 0 Å². The fraction of sp³-hybridized carbons (Fsp3) is 0.267. The van der Waals surface area contributed by atoms with Gasteiger partial charge in [-0.1, -0.05) is 6.07 Å². The van der Waals surface area contributed by atoms with E-state index in [9.17, 15) is 8.78 Å². The summed E-state index contributed by atoms with van der Waals surface area (Å²) < 4.78 is 29.6. The molecular weight excluding hydrogens is 288 g/mol. The van der Waals surface area contributed by atoms with E-state index in [1.807, 2.05) is 0 Å². The molecule has 0 amide bonds. The molecule has 7 heteroatoms. The first-order valence-electron chi connectivity index (χ1n) is 6.80. The Bertz CT molecular complexity index is 810. The van der Waals surface area contributed by atoms with Crippen LogP contribution in [0.5, 0.6) is 0 Å². The van der Waals surface area contributed by atoms with Gasteiger partial charge in [0.15, 0.2) is 5.65 Å². The summed E-state index contributed by atoms with van der Waals surface area (Å²) in [6.07, 6.45) is 3.06. The predicted octanol–water partition coefficient (Wildman–Crippen LogP) is 2.84. The van der Waals surface area contributed by atoms with Gasteiger partial charge in [0.1, 0.15) is 23.8 Å². The number of hydrogen-bond donors (Lipinski definition) is 0. The zero-order chi connectivity index (χ0) is 15.9. The van der Waals surface area contributed by atoms with Crippen LogP contribution >= 0.6 is 0 Å². The van der Waals surface area contributed by atoms with Gasteiger partial charge in [-0.25, -0.2) is 18.7 Å². The third-order valence-corrected chi connectivity index (χ3v) is 3.84. The summed E-state index contributed by atoms with van der Waals surface area (Å²) in [6, 6.07) is 3.33. The van der Waals surface area contributed by atoms with Crippen molar-refractivity contribution in [3.63, 3.8) is 0 Å². The van der Waals surface area contributed by atoms with Crippen LogP contribution in [0.1, 0.15) is 18.5 Å². The SMILES string of the molecule is C[C@@H](c1c(F)cccc1F)N(C)c1ncnc2c1cnn2C. The number of hydrogen-bond acceptors (Lipinski definition) is 4. The normalized spacial score (nSPS) is 12.6. The van der Waals surface area contributed by atoms with E-state index in [0.717, 1.165) is 5.39 Å².